The summed E-state index contributed by atoms with van der Waals surface area (Å²) in [4.78, 5) is 6.79. The van der Waals surface area contributed by atoms with Gasteiger partial charge in [-0.25, -0.2) is 15.8 Å². The third-order valence-electron chi connectivity index (χ3n) is 3.04. The minimum Gasteiger partial charge on any atom is -0.370 e. The van der Waals surface area contributed by atoms with Crippen LogP contribution < -0.4 is 16.6 Å². The molecular formula is C11H16F3N5S. The smallest absolute Gasteiger partial charge is 0.370 e. The Morgan fingerprint density at radius 2 is 1.90 bits per heavy atom. The molecule has 1 aliphatic rings. The molecule has 1 fully saturated rings. The molecule has 1 aromatic heterocycles. The minimum absolute atomic E-state index is 0.0611. The van der Waals surface area contributed by atoms with Gasteiger partial charge in [0.2, 0.25) is 5.82 Å². The number of alkyl halides is 3. The maximum atomic E-state index is 12.7. The van der Waals surface area contributed by atoms with Crippen LogP contribution in [0, 0.1) is 5.92 Å². The molecule has 0 aliphatic carbocycles. The molecular weight excluding hydrogens is 291 g/mol. The van der Waals surface area contributed by atoms with E-state index in [0.717, 1.165) is 24.3 Å². The number of nitrogens with zero attached hydrogens (tertiary/aromatic N) is 2. The maximum absolute atomic E-state index is 12.7. The number of aromatic nitrogens is 2. The number of hydrogen-bond acceptors (Lipinski definition) is 6. The Kier molecular flexibility index (Phi) is 4.92. The lowest BCUT2D eigenvalue weighted by Crippen LogP contribution is -2.21. The van der Waals surface area contributed by atoms with Crippen LogP contribution >= 0.6 is 11.8 Å². The first-order chi connectivity index (χ1) is 9.49. The van der Waals surface area contributed by atoms with Gasteiger partial charge in [0, 0.05) is 12.6 Å². The number of nitrogen functional groups attached to an aromatic ring is 1. The molecule has 2 rings (SSSR count). The number of hydrazine groups is 1. The van der Waals surface area contributed by atoms with E-state index >= 15 is 0 Å². The van der Waals surface area contributed by atoms with Gasteiger partial charge in [-0.2, -0.15) is 24.9 Å². The Morgan fingerprint density at radius 3 is 2.50 bits per heavy atom. The number of nitrogens with one attached hydrogen (secondary N) is 2. The van der Waals surface area contributed by atoms with Gasteiger partial charge in [0.1, 0.15) is 11.6 Å². The molecule has 112 valence electrons. The predicted molar refractivity (Wildman–Crippen MR) is 73.4 cm³/mol. The van der Waals surface area contributed by atoms with Gasteiger partial charge < -0.3 is 10.7 Å². The van der Waals surface area contributed by atoms with E-state index in [9.17, 15) is 13.2 Å². The van der Waals surface area contributed by atoms with Crippen LogP contribution in [0.15, 0.2) is 6.07 Å². The van der Waals surface area contributed by atoms with Crippen LogP contribution in [0.2, 0.25) is 0 Å². The lowest BCUT2D eigenvalue weighted by atomic mass is 10.0. The molecule has 2 heterocycles. The number of nitrogens with two attached hydrogens (primary N) is 1. The lowest BCUT2D eigenvalue weighted by Gasteiger charge is -2.22. The number of rotatable bonds is 4. The molecule has 0 saturated carbocycles. The Bertz CT molecular complexity index is 448. The van der Waals surface area contributed by atoms with Gasteiger partial charge in [-0.15, -0.1) is 0 Å². The minimum atomic E-state index is -4.59. The fourth-order valence-corrected chi connectivity index (χ4v) is 3.14. The zero-order valence-electron chi connectivity index (χ0n) is 10.7. The number of anilines is 2. The lowest BCUT2D eigenvalue weighted by molar-refractivity contribution is -0.144. The first-order valence-corrected chi connectivity index (χ1v) is 7.39. The van der Waals surface area contributed by atoms with Crippen LogP contribution in [0.3, 0.4) is 0 Å². The Labute approximate surface area is 118 Å². The fraction of sp³-hybridized carbons (Fsp3) is 0.636. The van der Waals surface area contributed by atoms with Crippen molar-refractivity contribution >= 4 is 23.4 Å². The molecule has 0 spiro atoms. The Balaban J connectivity index is 2.06. The van der Waals surface area contributed by atoms with Gasteiger partial charge >= 0.3 is 6.18 Å². The van der Waals surface area contributed by atoms with E-state index in [1.54, 1.807) is 0 Å². The molecule has 0 atom stereocenters. The van der Waals surface area contributed by atoms with Crippen LogP contribution in [0.4, 0.5) is 24.8 Å². The molecule has 20 heavy (non-hydrogen) atoms. The van der Waals surface area contributed by atoms with Crippen LogP contribution in [-0.2, 0) is 6.18 Å². The standard InChI is InChI=1S/C11H16F3N5S/c12-11(13,14)10-17-8(5-9(18-10)19-15)16-6-7-1-3-20-4-2-7/h5,7H,1-4,6,15H2,(H2,16,17,18,19). The average molecular weight is 307 g/mol. The van der Waals surface area contributed by atoms with E-state index in [1.165, 1.54) is 6.07 Å². The third kappa shape index (κ3) is 4.14. The van der Waals surface area contributed by atoms with E-state index in [1.807, 2.05) is 11.8 Å². The highest BCUT2D eigenvalue weighted by Gasteiger charge is 2.35. The van der Waals surface area contributed by atoms with Gasteiger partial charge in [-0.3, -0.25) is 0 Å². The summed E-state index contributed by atoms with van der Waals surface area (Å²) in [7, 11) is 0. The van der Waals surface area contributed by atoms with Crippen molar-refractivity contribution in [1.29, 1.82) is 0 Å². The van der Waals surface area contributed by atoms with E-state index in [-0.39, 0.29) is 11.6 Å². The second-order valence-corrected chi connectivity index (χ2v) is 5.77. The summed E-state index contributed by atoms with van der Waals surface area (Å²) in [6.07, 6.45) is -2.46. The zero-order valence-corrected chi connectivity index (χ0v) is 11.5. The second-order valence-electron chi connectivity index (χ2n) is 4.54. The van der Waals surface area contributed by atoms with E-state index in [0.29, 0.717) is 12.5 Å². The topological polar surface area (TPSA) is 75.9 Å². The molecule has 0 amide bonds. The van der Waals surface area contributed by atoms with Gasteiger partial charge in [0.25, 0.3) is 0 Å². The quantitative estimate of drug-likeness (QED) is 0.585. The Hall–Kier alpha value is -1.22. The number of thioether (sulfide) groups is 1. The molecule has 0 radical (unpaired) electrons. The molecule has 9 heteroatoms. The molecule has 0 bridgehead atoms. The van der Waals surface area contributed by atoms with Crippen LogP contribution in [0.25, 0.3) is 0 Å². The molecule has 0 unspecified atom stereocenters. The first kappa shape index (κ1) is 15.2. The molecule has 0 aromatic carbocycles. The predicted octanol–water partition coefficient (Wildman–Crippen LogP) is 2.34. The maximum Gasteiger partial charge on any atom is 0.451 e. The second kappa shape index (κ2) is 6.49. The molecule has 4 N–H and O–H groups in total. The van der Waals surface area contributed by atoms with Crippen LogP contribution in [0.5, 0.6) is 0 Å². The number of hydrogen-bond donors (Lipinski definition) is 3. The fourth-order valence-electron chi connectivity index (χ4n) is 1.94. The van der Waals surface area contributed by atoms with Gasteiger partial charge in [-0.1, -0.05) is 0 Å². The monoisotopic (exact) mass is 307 g/mol. The number of halogens is 3. The summed E-state index contributed by atoms with van der Waals surface area (Å²) >= 11 is 1.90. The van der Waals surface area contributed by atoms with Crippen molar-refractivity contribution in [2.24, 2.45) is 11.8 Å². The van der Waals surface area contributed by atoms with Crippen molar-refractivity contribution in [1.82, 2.24) is 9.97 Å². The van der Waals surface area contributed by atoms with Gasteiger partial charge in [0.15, 0.2) is 0 Å². The largest absolute Gasteiger partial charge is 0.451 e. The highest BCUT2D eigenvalue weighted by atomic mass is 32.2. The third-order valence-corrected chi connectivity index (χ3v) is 4.09. The normalized spacial score (nSPS) is 17.0. The summed E-state index contributed by atoms with van der Waals surface area (Å²) in [5.41, 5.74) is 2.12. The molecule has 1 aromatic rings. The summed E-state index contributed by atoms with van der Waals surface area (Å²) in [6, 6.07) is 1.37. The summed E-state index contributed by atoms with van der Waals surface area (Å²) < 4.78 is 38.0. The summed E-state index contributed by atoms with van der Waals surface area (Å²) in [5, 5.41) is 2.95. The molecule has 1 aliphatic heterocycles. The summed E-state index contributed by atoms with van der Waals surface area (Å²) in [5.74, 6) is 6.67. The summed E-state index contributed by atoms with van der Waals surface area (Å²) in [6.45, 7) is 0.610. The zero-order chi connectivity index (χ0) is 14.6. The highest BCUT2D eigenvalue weighted by molar-refractivity contribution is 7.99. The average Bonchev–Trinajstić information content (AvgIpc) is 2.45. The van der Waals surface area contributed by atoms with E-state index in [2.05, 4.69) is 20.7 Å². The van der Waals surface area contributed by atoms with Crippen molar-refractivity contribution in [3.8, 4) is 0 Å². The molecule has 5 nitrogen and oxygen atoms in total. The van der Waals surface area contributed by atoms with Crippen molar-refractivity contribution in [2.45, 2.75) is 19.0 Å². The van der Waals surface area contributed by atoms with E-state index in [4.69, 9.17) is 5.84 Å². The first-order valence-electron chi connectivity index (χ1n) is 6.23. The van der Waals surface area contributed by atoms with Crippen LogP contribution in [0.1, 0.15) is 18.7 Å². The SMILES string of the molecule is NNc1cc(NCC2CCSCC2)nc(C(F)(F)F)n1. The van der Waals surface area contributed by atoms with Gasteiger partial charge in [0.05, 0.1) is 0 Å². The molecule has 1 saturated heterocycles. The van der Waals surface area contributed by atoms with Crippen molar-refractivity contribution < 1.29 is 13.2 Å². The Morgan fingerprint density at radius 1 is 1.25 bits per heavy atom. The van der Waals surface area contributed by atoms with Crippen LogP contribution in [-0.4, -0.2) is 28.0 Å². The highest BCUT2D eigenvalue weighted by Crippen LogP contribution is 2.28. The van der Waals surface area contributed by atoms with Crippen molar-refractivity contribution in [3.05, 3.63) is 11.9 Å². The van der Waals surface area contributed by atoms with E-state index < -0.39 is 12.0 Å². The van der Waals surface area contributed by atoms with Crippen molar-refractivity contribution in [3.63, 3.8) is 0 Å². The van der Waals surface area contributed by atoms with Gasteiger partial charge in [-0.05, 0) is 30.3 Å². The van der Waals surface area contributed by atoms with Crippen molar-refractivity contribution in [2.75, 3.05) is 28.8 Å².